The van der Waals surface area contributed by atoms with Gasteiger partial charge < -0.3 is 15.8 Å². The molecule has 1 atom stereocenters. The fourth-order valence-electron chi connectivity index (χ4n) is 3.21. The molecule has 2 aromatic carbocycles. The van der Waals surface area contributed by atoms with E-state index in [2.05, 4.69) is 0 Å². The highest BCUT2D eigenvalue weighted by Crippen LogP contribution is 2.41. The Morgan fingerprint density at radius 3 is 2.40 bits per heavy atom. The lowest BCUT2D eigenvalue weighted by Crippen LogP contribution is -2.26. The third-order valence-electron chi connectivity index (χ3n) is 4.63. The summed E-state index contributed by atoms with van der Waals surface area (Å²) in [5.41, 5.74) is 9.33. The van der Waals surface area contributed by atoms with E-state index in [1.165, 1.54) is 5.01 Å². The van der Waals surface area contributed by atoms with Crippen LogP contribution in [0.4, 0.5) is 20.2 Å². The van der Waals surface area contributed by atoms with Gasteiger partial charge in [-0.1, -0.05) is 31.2 Å². The second kappa shape index (κ2) is 7.80. The third-order valence-corrected chi connectivity index (χ3v) is 4.63. The van der Waals surface area contributed by atoms with Crippen LogP contribution in [0.15, 0.2) is 30.3 Å². The standard InChI is InChI=1S/C19H25F2N3O/c1-4-14(12-6-5-11(2)13(9-12)10-25)15-7-8-16(24(3)23)18(22)17(15)19(20)21/h5-9,14,19,25H,4,10,22-23H2,1-3H3. The molecular weight excluding hydrogens is 324 g/mol. The Kier molecular flexibility index (Phi) is 5.98. The minimum atomic E-state index is -2.70. The smallest absolute Gasteiger partial charge is 0.266 e. The maximum absolute atomic E-state index is 13.8. The van der Waals surface area contributed by atoms with E-state index in [-0.39, 0.29) is 23.8 Å². The van der Waals surface area contributed by atoms with Crippen LogP contribution in [0.1, 0.15) is 53.5 Å². The van der Waals surface area contributed by atoms with Crippen molar-refractivity contribution < 1.29 is 13.9 Å². The van der Waals surface area contributed by atoms with E-state index >= 15 is 0 Å². The molecule has 0 spiro atoms. The first-order valence-electron chi connectivity index (χ1n) is 8.20. The molecule has 0 heterocycles. The zero-order valence-electron chi connectivity index (χ0n) is 14.8. The molecule has 0 aliphatic carbocycles. The maximum Gasteiger partial charge on any atom is 0.266 e. The van der Waals surface area contributed by atoms with Gasteiger partial charge in [0, 0.05) is 18.5 Å². The van der Waals surface area contributed by atoms with Crippen molar-refractivity contribution >= 4 is 11.4 Å². The van der Waals surface area contributed by atoms with Gasteiger partial charge in [0.2, 0.25) is 0 Å². The molecule has 136 valence electrons. The van der Waals surface area contributed by atoms with Crippen LogP contribution in [-0.4, -0.2) is 12.2 Å². The molecule has 0 aliphatic rings. The van der Waals surface area contributed by atoms with Gasteiger partial charge in [-0.05, 0) is 41.7 Å². The molecule has 0 fully saturated rings. The summed E-state index contributed by atoms with van der Waals surface area (Å²) in [5, 5.41) is 10.7. The predicted molar refractivity (Wildman–Crippen MR) is 97.6 cm³/mol. The van der Waals surface area contributed by atoms with E-state index in [1.54, 1.807) is 19.2 Å². The van der Waals surface area contributed by atoms with Crippen molar-refractivity contribution in [2.45, 2.75) is 39.2 Å². The average molecular weight is 349 g/mol. The van der Waals surface area contributed by atoms with Gasteiger partial charge in [-0.15, -0.1) is 0 Å². The molecule has 4 nitrogen and oxygen atoms in total. The van der Waals surface area contributed by atoms with Crippen LogP contribution in [0.3, 0.4) is 0 Å². The van der Waals surface area contributed by atoms with Crippen LogP contribution in [-0.2, 0) is 6.61 Å². The van der Waals surface area contributed by atoms with Crippen molar-refractivity contribution in [3.63, 3.8) is 0 Å². The van der Waals surface area contributed by atoms with Crippen molar-refractivity contribution in [3.05, 3.63) is 58.1 Å². The van der Waals surface area contributed by atoms with Crippen LogP contribution in [0.25, 0.3) is 0 Å². The second-order valence-corrected chi connectivity index (χ2v) is 6.22. The molecular formula is C19H25F2N3O. The van der Waals surface area contributed by atoms with E-state index in [4.69, 9.17) is 11.6 Å². The summed E-state index contributed by atoms with van der Waals surface area (Å²) in [5.74, 6) is 5.45. The van der Waals surface area contributed by atoms with Crippen LogP contribution in [0.5, 0.6) is 0 Å². The molecule has 0 radical (unpaired) electrons. The molecule has 0 amide bonds. The van der Waals surface area contributed by atoms with Gasteiger partial charge in [0.15, 0.2) is 0 Å². The Balaban J connectivity index is 2.63. The van der Waals surface area contributed by atoms with Crippen molar-refractivity contribution in [1.82, 2.24) is 0 Å². The van der Waals surface area contributed by atoms with Gasteiger partial charge >= 0.3 is 0 Å². The Hall–Kier alpha value is -2.18. The first-order chi connectivity index (χ1) is 11.8. The number of nitrogens with two attached hydrogens (primary N) is 2. The third kappa shape index (κ3) is 3.75. The number of rotatable bonds is 6. The van der Waals surface area contributed by atoms with Crippen LogP contribution >= 0.6 is 0 Å². The molecule has 0 saturated heterocycles. The van der Waals surface area contributed by atoms with Crippen molar-refractivity contribution in [3.8, 4) is 0 Å². The molecule has 0 aliphatic heterocycles. The molecule has 25 heavy (non-hydrogen) atoms. The fourth-order valence-corrected chi connectivity index (χ4v) is 3.21. The molecule has 6 heteroatoms. The zero-order valence-corrected chi connectivity index (χ0v) is 14.8. The van der Waals surface area contributed by atoms with Crippen LogP contribution in [0, 0.1) is 6.92 Å². The lowest BCUT2D eigenvalue weighted by Gasteiger charge is -2.25. The number of aliphatic hydroxyl groups is 1. The monoisotopic (exact) mass is 349 g/mol. The Bertz CT molecular complexity index is 748. The number of nitrogens with zero attached hydrogens (tertiary/aromatic N) is 1. The van der Waals surface area contributed by atoms with Crippen molar-refractivity contribution in [2.75, 3.05) is 17.8 Å². The quantitative estimate of drug-likeness (QED) is 0.420. The van der Waals surface area contributed by atoms with Gasteiger partial charge in [0.1, 0.15) is 0 Å². The summed E-state index contributed by atoms with van der Waals surface area (Å²) >= 11 is 0. The summed E-state index contributed by atoms with van der Waals surface area (Å²) in [6.45, 7) is 3.76. The van der Waals surface area contributed by atoms with E-state index < -0.39 is 6.43 Å². The number of hydrazine groups is 1. The number of aryl methyl sites for hydroxylation is 1. The number of hydrogen-bond donors (Lipinski definition) is 3. The number of anilines is 2. The van der Waals surface area contributed by atoms with Gasteiger partial charge in [-0.25, -0.2) is 14.6 Å². The normalized spacial score (nSPS) is 12.5. The number of alkyl halides is 2. The van der Waals surface area contributed by atoms with E-state index in [0.717, 1.165) is 16.7 Å². The minimum Gasteiger partial charge on any atom is -0.397 e. The summed E-state index contributed by atoms with van der Waals surface area (Å²) in [4.78, 5) is 0. The topological polar surface area (TPSA) is 75.5 Å². The van der Waals surface area contributed by atoms with Crippen molar-refractivity contribution in [2.24, 2.45) is 5.84 Å². The van der Waals surface area contributed by atoms with Gasteiger partial charge in [0.05, 0.1) is 18.0 Å². The zero-order chi connectivity index (χ0) is 18.7. The average Bonchev–Trinajstić information content (AvgIpc) is 2.56. The van der Waals surface area contributed by atoms with Gasteiger partial charge in [0.25, 0.3) is 6.43 Å². The summed E-state index contributed by atoms with van der Waals surface area (Å²) < 4.78 is 27.5. The first kappa shape index (κ1) is 19.1. The number of nitrogen functional groups attached to an aromatic ring is 1. The fraction of sp³-hybridized carbons (Fsp3) is 0.368. The van der Waals surface area contributed by atoms with Gasteiger partial charge in [-0.3, -0.25) is 0 Å². The molecule has 2 aromatic rings. The van der Waals surface area contributed by atoms with E-state index in [0.29, 0.717) is 17.7 Å². The SMILES string of the molecule is CCC(c1ccc(C)c(CO)c1)c1ccc(N(C)N)c(N)c1C(F)F. The Morgan fingerprint density at radius 2 is 1.88 bits per heavy atom. The maximum atomic E-state index is 13.8. The molecule has 0 bridgehead atoms. The highest BCUT2D eigenvalue weighted by Gasteiger charge is 2.25. The second-order valence-electron chi connectivity index (χ2n) is 6.22. The first-order valence-corrected chi connectivity index (χ1v) is 8.20. The van der Waals surface area contributed by atoms with E-state index in [9.17, 15) is 13.9 Å². The Morgan fingerprint density at radius 1 is 1.20 bits per heavy atom. The molecule has 1 unspecified atom stereocenters. The summed E-state index contributed by atoms with van der Waals surface area (Å²) in [7, 11) is 1.56. The molecule has 2 rings (SSSR count). The summed E-state index contributed by atoms with van der Waals surface area (Å²) in [6.07, 6.45) is -2.07. The van der Waals surface area contributed by atoms with Crippen LogP contribution in [0.2, 0.25) is 0 Å². The molecule has 5 N–H and O–H groups in total. The molecule has 0 aromatic heterocycles. The lowest BCUT2D eigenvalue weighted by atomic mass is 9.84. The lowest BCUT2D eigenvalue weighted by molar-refractivity contribution is 0.151. The highest BCUT2D eigenvalue weighted by molar-refractivity contribution is 5.73. The van der Waals surface area contributed by atoms with Crippen LogP contribution < -0.4 is 16.6 Å². The number of hydrogen-bond acceptors (Lipinski definition) is 4. The molecule has 0 saturated carbocycles. The van der Waals surface area contributed by atoms with Gasteiger partial charge in [-0.2, -0.15) is 0 Å². The van der Waals surface area contributed by atoms with Crippen molar-refractivity contribution in [1.29, 1.82) is 0 Å². The van der Waals surface area contributed by atoms with E-state index in [1.807, 2.05) is 32.0 Å². The Labute approximate surface area is 147 Å². The number of halogens is 2. The summed E-state index contributed by atoms with van der Waals surface area (Å²) in [6, 6.07) is 9.02. The predicted octanol–water partition coefficient (Wildman–Crippen LogP) is 3.86. The highest BCUT2D eigenvalue weighted by atomic mass is 19.3. The minimum absolute atomic E-state index is 0.00504. The number of aliphatic hydroxyl groups excluding tert-OH is 1. The number of benzene rings is 2. The largest absolute Gasteiger partial charge is 0.397 e.